The van der Waals surface area contributed by atoms with Gasteiger partial charge in [0.25, 0.3) is 5.91 Å². The molecular weight excluding hydrogens is 455 g/mol. The summed E-state index contributed by atoms with van der Waals surface area (Å²) >= 11 is 0. The van der Waals surface area contributed by atoms with E-state index in [0.29, 0.717) is 36.3 Å². The molecular formula is C20H27IN4O2. The second-order valence-electron chi connectivity index (χ2n) is 6.16. The van der Waals surface area contributed by atoms with Crippen molar-refractivity contribution in [2.45, 2.75) is 19.8 Å². The number of rotatable bonds is 7. The summed E-state index contributed by atoms with van der Waals surface area (Å²) in [6.07, 6.45) is 0. The molecule has 0 aromatic heterocycles. The Morgan fingerprint density at radius 1 is 1.19 bits per heavy atom. The normalized spacial score (nSPS) is 10.9. The zero-order valence-corrected chi connectivity index (χ0v) is 18.2. The van der Waals surface area contributed by atoms with Crippen LogP contribution in [0.5, 0.6) is 5.75 Å². The Balaban J connectivity index is 0.00000364. The molecule has 7 heteroatoms. The molecule has 0 atom stereocenters. The van der Waals surface area contributed by atoms with Gasteiger partial charge in [-0.15, -0.1) is 24.0 Å². The number of hydrogen-bond acceptors (Lipinski definition) is 3. The number of nitrogens with two attached hydrogens (primary N) is 1. The summed E-state index contributed by atoms with van der Waals surface area (Å²) in [6.45, 7) is 5.06. The van der Waals surface area contributed by atoms with E-state index in [2.05, 4.69) is 41.6 Å². The van der Waals surface area contributed by atoms with Crippen molar-refractivity contribution in [1.29, 1.82) is 0 Å². The van der Waals surface area contributed by atoms with Crippen LogP contribution >= 0.6 is 24.0 Å². The summed E-state index contributed by atoms with van der Waals surface area (Å²) in [6, 6.07) is 15.1. The number of amides is 1. The minimum Gasteiger partial charge on any atom is -0.497 e. The third-order valence-electron chi connectivity index (χ3n) is 3.84. The van der Waals surface area contributed by atoms with Gasteiger partial charge in [0.05, 0.1) is 13.7 Å². The topological polar surface area (TPSA) is 88.7 Å². The molecule has 1 amide bonds. The van der Waals surface area contributed by atoms with Crippen LogP contribution in [0.1, 0.15) is 35.7 Å². The third-order valence-corrected chi connectivity index (χ3v) is 3.84. The van der Waals surface area contributed by atoms with Crippen LogP contribution < -0.4 is 21.1 Å². The average molecular weight is 482 g/mol. The monoisotopic (exact) mass is 482 g/mol. The van der Waals surface area contributed by atoms with Gasteiger partial charge in [-0.2, -0.15) is 0 Å². The van der Waals surface area contributed by atoms with E-state index in [9.17, 15) is 4.79 Å². The smallest absolute Gasteiger partial charge is 0.251 e. The number of guanidine groups is 1. The van der Waals surface area contributed by atoms with Crippen molar-refractivity contribution in [3.05, 3.63) is 59.7 Å². The van der Waals surface area contributed by atoms with Crippen molar-refractivity contribution in [2.24, 2.45) is 10.7 Å². The van der Waals surface area contributed by atoms with Crippen LogP contribution in [-0.4, -0.2) is 32.1 Å². The second kappa shape index (κ2) is 11.4. The Kier molecular flexibility index (Phi) is 9.63. The summed E-state index contributed by atoms with van der Waals surface area (Å²) in [7, 11) is 1.57. The quantitative estimate of drug-likeness (QED) is 0.244. The van der Waals surface area contributed by atoms with Crippen molar-refractivity contribution in [1.82, 2.24) is 5.32 Å². The summed E-state index contributed by atoms with van der Waals surface area (Å²) in [4.78, 5) is 16.3. The highest BCUT2D eigenvalue weighted by Gasteiger charge is 2.05. The minimum atomic E-state index is -0.171. The Hall–Kier alpha value is -2.29. The van der Waals surface area contributed by atoms with Crippen molar-refractivity contribution in [2.75, 3.05) is 25.5 Å². The third kappa shape index (κ3) is 7.46. The molecule has 0 bridgehead atoms. The number of anilines is 1. The first kappa shape index (κ1) is 22.8. The lowest BCUT2D eigenvalue weighted by Gasteiger charge is -2.10. The molecule has 0 aliphatic heterocycles. The van der Waals surface area contributed by atoms with Gasteiger partial charge in [0.1, 0.15) is 5.75 Å². The Labute approximate surface area is 177 Å². The van der Waals surface area contributed by atoms with Crippen LogP contribution in [0.4, 0.5) is 5.69 Å². The number of nitrogens with one attached hydrogen (secondary N) is 2. The largest absolute Gasteiger partial charge is 0.497 e. The lowest BCUT2D eigenvalue weighted by molar-refractivity contribution is 0.0954. The highest BCUT2D eigenvalue weighted by molar-refractivity contribution is 14.0. The van der Waals surface area contributed by atoms with Crippen LogP contribution in [0.2, 0.25) is 0 Å². The maximum Gasteiger partial charge on any atom is 0.251 e. The van der Waals surface area contributed by atoms with Crippen molar-refractivity contribution < 1.29 is 9.53 Å². The Morgan fingerprint density at radius 2 is 1.93 bits per heavy atom. The lowest BCUT2D eigenvalue weighted by Crippen LogP contribution is -2.28. The highest BCUT2D eigenvalue weighted by Crippen LogP contribution is 2.18. The summed E-state index contributed by atoms with van der Waals surface area (Å²) in [5.74, 6) is 1.24. The molecule has 0 spiro atoms. The maximum absolute atomic E-state index is 12.1. The fourth-order valence-corrected chi connectivity index (χ4v) is 2.38. The molecule has 4 N–H and O–H groups in total. The van der Waals surface area contributed by atoms with E-state index in [1.807, 2.05) is 12.1 Å². The SMILES string of the molecule is COc1cccc(C(=O)NCCN=C(N)Nc2cccc(C(C)C)c2)c1.I. The molecule has 27 heavy (non-hydrogen) atoms. The van der Waals surface area contributed by atoms with Gasteiger partial charge in [-0.05, 0) is 41.8 Å². The molecule has 0 fully saturated rings. The van der Waals surface area contributed by atoms with E-state index in [1.54, 1.807) is 31.4 Å². The lowest BCUT2D eigenvalue weighted by atomic mass is 10.0. The first-order chi connectivity index (χ1) is 12.5. The van der Waals surface area contributed by atoms with Gasteiger partial charge >= 0.3 is 0 Å². The molecule has 0 aliphatic rings. The Morgan fingerprint density at radius 3 is 2.63 bits per heavy atom. The molecule has 2 aromatic carbocycles. The first-order valence-corrected chi connectivity index (χ1v) is 8.58. The van der Waals surface area contributed by atoms with Gasteiger partial charge in [-0.1, -0.05) is 32.0 Å². The van der Waals surface area contributed by atoms with Crippen LogP contribution in [0.3, 0.4) is 0 Å². The average Bonchev–Trinajstić information content (AvgIpc) is 2.65. The fraction of sp³-hybridized carbons (Fsp3) is 0.300. The van der Waals surface area contributed by atoms with E-state index in [0.717, 1.165) is 5.69 Å². The number of aliphatic imine (C=N–C) groups is 1. The number of carbonyl (C=O) groups is 1. The molecule has 0 saturated heterocycles. The van der Waals surface area contributed by atoms with Crippen molar-refractivity contribution >= 4 is 41.5 Å². The van der Waals surface area contributed by atoms with Crippen LogP contribution in [0, 0.1) is 0 Å². The minimum absolute atomic E-state index is 0. The number of benzene rings is 2. The molecule has 0 aliphatic carbocycles. The van der Waals surface area contributed by atoms with Crippen LogP contribution in [0.25, 0.3) is 0 Å². The van der Waals surface area contributed by atoms with Gasteiger partial charge in [0.2, 0.25) is 0 Å². The number of hydrogen-bond donors (Lipinski definition) is 3. The number of nitrogens with zero attached hydrogens (tertiary/aromatic N) is 1. The summed E-state index contributed by atoms with van der Waals surface area (Å²) in [5.41, 5.74) is 8.58. The van der Waals surface area contributed by atoms with Gasteiger partial charge in [0, 0.05) is 17.8 Å². The number of ether oxygens (including phenoxy) is 1. The van der Waals surface area contributed by atoms with Gasteiger partial charge in [0.15, 0.2) is 5.96 Å². The van der Waals surface area contributed by atoms with Gasteiger partial charge in [-0.3, -0.25) is 9.79 Å². The number of carbonyl (C=O) groups excluding carboxylic acids is 1. The van der Waals surface area contributed by atoms with Gasteiger partial charge in [-0.25, -0.2) is 0 Å². The second-order valence-corrected chi connectivity index (χ2v) is 6.16. The van der Waals surface area contributed by atoms with Crippen molar-refractivity contribution in [3.8, 4) is 5.75 Å². The van der Waals surface area contributed by atoms with E-state index in [4.69, 9.17) is 10.5 Å². The number of methoxy groups -OCH3 is 1. The summed E-state index contributed by atoms with van der Waals surface area (Å²) < 4.78 is 5.12. The van der Waals surface area contributed by atoms with Gasteiger partial charge < -0.3 is 21.1 Å². The standard InChI is InChI=1S/C20H26N4O2.HI/c1-14(2)15-6-4-8-17(12-15)24-20(21)23-11-10-22-19(25)16-7-5-9-18(13-16)26-3;/h4-9,12-14H,10-11H2,1-3H3,(H,22,25)(H3,21,23,24);1H. The molecule has 0 unspecified atom stereocenters. The number of halogens is 1. The zero-order valence-electron chi connectivity index (χ0n) is 15.9. The fourth-order valence-electron chi connectivity index (χ4n) is 2.38. The van der Waals surface area contributed by atoms with E-state index in [-0.39, 0.29) is 29.9 Å². The Bertz CT molecular complexity index is 778. The zero-order chi connectivity index (χ0) is 18.9. The summed E-state index contributed by atoms with van der Waals surface area (Å²) in [5, 5.41) is 5.88. The van der Waals surface area contributed by atoms with Crippen LogP contribution in [-0.2, 0) is 0 Å². The van der Waals surface area contributed by atoms with Crippen molar-refractivity contribution in [3.63, 3.8) is 0 Å². The van der Waals surface area contributed by atoms with E-state index >= 15 is 0 Å². The van der Waals surface area contributed by atoms with E-state index < -0.39 is 0 Å². The predicted molar refractivity (Wildman–Crippen MR) is 121 cm³/mol. The predicted octanol–water partition coefficient (Wildman–Crippen LogP) is 3.59. The maximum atomic E-state index is 12.1. The molecule has 146 valence electrons. The van der Waals surface area contributed by atoms with Crippen LogP contribution in [0.15, 0.2) is 53.5 Å². The highest BCUT2D eigenvalue weighted by atomic mass is 127. The first-order valence-electron chi connectivity index (χ1n) is 8.58. The molecule has 0 saturated carbocycles. The molecule has 2 rings (SSSR count). The molecule has 6 nitrogen and oxygen atoms in total. The van der Waals surface area contributed by atoms with E-state index in [1.165, 1.54) is 5.56 Å². The molecule has 2 aromatic rings. The molecule has 0 radical (unpaired) electrons. The molecule has 0 heterocycles.